The van der Waals surface area contributed by atoms with Crippen molar-refractivity contribution >= 4 is 17.2 Å². The fraction of sp³-hybridized carbons (Fsp3) is 0.706. The molecule has 0 saturated carbocycles. The third-order valence-electron chi connectivity index (χ3n) is 4.83. The molecule has 1 aromatic heterocycles. The highest BCUT2D eigenvalue weighted by molar-refractivity contribution is 7.07. The predicted molar refractivity (Wildman–Crippen MR) is 89.2 cm³/mol. The van der Waals surface area contributed by atoms with Crippen molar-refractivity contribution in [2.24, 2.45) is 11.3 Å². The van der Waals surface area contributed by atoms with Gasteiger partial charge in [0.2, 0.25) is 5.91 Å². The lowest BCUT2D eigenvalue weighted by atomic mass is 9.80. The van der Waals surface area contributed by atoms with Crippen molar-refractivity contribution < 1.29 is 4.79 Å². The molecule has 0 spiro atoms. The Labute approximate surface area is 132 Å². The number of amides is 1. The molecule has 1 aliphatic rings. The third kappa shape index (κ3) is 3.49. The summed E-state index contributed by atoms with van der Waals surface area (Å²) in [6, 6.07) is 2.10. The molecule has 0 aliphatic carbocycles. The van der Waals surface area contributed by atoms with Gasteiger partial charge in [0.25, 0.3) is 0 Å². The lowest BCUT2D eigenvalue weighted by Crippen LogP contribution is -2.40. The van der Waals surface area contributed by atoms with Crippen LogP contribution >= 0.6 is 11.3 Å². The molecule has 118 valence electrons. The van der Waals surface area contributed by atoms with Gasteiger partial charge in [-0.2, -0.15) is 11.3 Å². The average Bonchev–Trinajstić information content (AvgIpc) is 3.02. The van der Waals surface area contributed by atoms with Crippen molar-refractivity contribution in [3.05, 3.63) is 22.4 Å². The second-order valence-electron chi connectivity index (χ2n) is 7.08. The van der Waals surface area contributed by atoms with Gasteiger partial charge in [-0.1, -0.05) is 41.0 Å². The van der Waals surface area contributed by atoms with Crippen molar-refractivity contribution in [2.45, 2.75) is 59.7 Å². The second kappa shape index (κ2) is 6.49. The fourth-order valence-electron chi connectivity index (χ4n) is 2.67. The van der Waals surface area contributed by atoms with Crippen molar-refractivity contribution in [1.82, 2.24) is 10.2 Å². The first kappa shape index (κ1) is 16.5. The van der Waals surface area contributed by atoms with Crippen LogP contribution in [-0.4, -0.2) is 23.4 Å². The lowest BCUT2D eigenvalue weighted by Gasteiger charge is -2.36. The van der Waals surface area contributed by atoms with Crippen LogP contribution < -0.4 is 5.32 Å². The molecular formula is C17H28N2OS. The normalized spacial score (nSPS) is 23.3. The topological polar surface area (TPSA) is 32.3 Å². The molecule has 1 amide bonds. The van der Waals surface area contributed by atoms with Crippen molar-refractivity contribution in [1.29, 1.82) is 0 Å². The van der Waals surface area contributed by atoms with Crippen LogP contribution in [-0.2, 0) is 4.79 Å². The zero-order valence-electron chi connectivity index (χ0n) is 13.8. The predicted octanol–water partition coefficient (Wildman–Crippen LogP) is 4.03. The molecule has 0 bridgehead atoms. The van der Waals surface area contributed by atoms with E-state index in [1.54, 1.807) is 11.3 Å². The Morgan fingerprint density at radius 2 is 2.14 bits per heavy atom. The van der Waals surface area contributed by atoms with E-state index in [1.807, 2.05) is 0 Å². The number of carbonyl (C=O) groups excluding carboxylic acids is 1. The van der Waals surface area contributed by atoms with E-state index in [0.717, 1.165) is 19.4 Å². The van der Waals surface area contributed by atoms with E-state index in [0.29, 0.717) is 5.92 Å². The third-order valence-corrected chi connectivity index (χ3v) is 5.53. The lowest BCUT2D eigenvalue weighted by molar-refractivity contribution is -0.132. The highest BCUT2D eigenvalue weighted by Gasteiger charge is 2.41. The molecule has 3 nitrogen and oxygen atoms in total. The van der Waals surface area contributed by atoms with Gasteiger partial charge >= 0.3 is 0 Å². The van der Waals surface area contributed by atoms with E-state index in [9.17, 15) is 4.79 Å². The van der Waals surface area contributed by atoms with Gasteiger partial charge in [-0.3, -0.25) is 10.1 Å². The molecule has 0 radical (unpaired) electrons. The van der Waals surface area contributed by atoms with Gasteiger partial charge in [0, 0.05) is 6.54 Å². The quantitative estimate of drug-likeness (QED) is 0.860. The molecule has 1 aliphatic heterocycles. The van der Waals surface area contributed by atoms with Crippen molar-refractivity contribution in [2.75, 3.05) is 6.54 Å². The van der Waals surface area contributed by atoms with Crippen LogP contribution in [0.25, 0.3) is 0 Å². The summed E-state index contributed by atoms with van der Waals surface area (Å²) in [4.78, 5) is 14.8. The SMILES string of the molecule is CCCC1NC(c2ccsc2)N(CC(C)(C)C(C)C)C1=O. The molecule has 2 rings (SSSR count). The number of thiophene rings is 1. The number of carbonyl (C=O) groups is 1. The minimum atomic E-state index is -0.0251. The molecule has 21 heavy (non-hydrogen) atoms. The summed E-state index contributed by atoms with van der Waals surface area (Å²) in [5.41, 5.74) is 1.33. The van der Waals surface area contributed by atoms with Gasteiger partial charge in [-0.05, 0) is 40.1 Å². The van der Waals surface area contributed by atoms with Crippen LogP contribution in [0.1, 0.15) is 59.2 Å². The first-order chi connectivity index (χ1) is 9.86. The minimum absolute atomic E-state index is 0.0251. The number of nitrogens with zero attached hydrogens (tertiary/aromatic N) is 1. The smallest absolute Gasteiger partial charge is 0.241 e. The Morgan fingerprint density at radius 3 is 2.67 bits per heavy atom. The fourth-order valence-corrected chi connectivity index (χ4v) is 3.35. The van der Waals surface area contributed by atoms with Gasteiger partial charge in [-0.15, -0.1) is 0 Å². The van der Waals surface area contributed by atoms with Gasteiger partial charge in [0.1, 0.15) is 6.17 Å². The Morgan fingerprint density at radius 1 is 1.43 bits per heavy atom. The molecule has 2 atom stereocenters. The van der Waals surface area contributed by atoms with Crippen LogP contribution in [0.3, 0.4) is 0 Å². The van der Waals surface area contributed by atoms with Crippen molar-refractivity contribution in [3.8, 4) is 0 Å². The van der Waals surface area contributed by atoms with Gasteiger partial charge in [0.05, 0.1) is 6.04 Å². The zero-order valence-corrected chi connectivity index (χ0v) is 14.7. The van der Waals surface area contributed by atoms with E-state index in [2.05, 4.69) is 61.7 Å². The monoisotopic (exact) mass is 308 g/mol. The molecular weight excluding hydrogens is 280 g/mol. The average molecular weight is 308 g/mol. The highest BCUT2D eigenvalue weighted by Crippen LogP contribution is 2.34. The maximum Gasteiger partial charge on any atom is 0.241 e. The molecule has 1 fully saturated rings. The minimum Gasteiger partial charge on any atom is -0.321 e. The summed E-state index contributed by atoms with van der Waals surface area (Å²) in [5, 5.41) is 7.77. The van der Waals surface area contributed by atoms with Gasteiger partial charge in [-0.25, -0.2) is 0 Å². The second-order valence-corrected chi connectivity index (χ2v) is 7.86. The number of rotatable bonds is 6. The summed E-state index contributed by atoms with van der Waals surface area (Å²) in [6.07, 6.45) is 1.98. The summed E-state index contributed by atoms with van der Waals surface area (Å²) in [6.45, 7) is 11.9. The summed E-state index contributed by atoms with van der Waals surface area (Å²) < 4.78 is 0. The maximum atomic E-state index is 12.8. The molecule has 2 unspecified atom stereocenters. The Kier molecular flexibility index (Phi) is 5.10. The summed E-state index contributed by atoms with van der Waals surface area (Å²) in [7, 11) is 0. The Hall–Kier alpha value is -0.870. The van der Waals surface area contributed by atoms with Crippen LogP contribution in [0.2, 0.25) is 0 Å². The highest BCUT2D eigenvalue weighted by atomic mass is 32.1. The summed E-state index contributed by atoms with van der Waals surface area (Å²) in [5.74, 6) is 0.806. The molecule has 1 saturated heterocycles. The Balaban J connectivity index is 2.23. The number of hydrogen-bond acceptors (Lipinski definition) is 3. The maximum absolute atomic E-state index is 12.8. The van der Waals surface area contributed by atoms with E-state index in [4.69, 9.17) is 0 Å². The van der Waals surface area contributed by atoms with Crippen molar-refractivity contribution in [3.63, 3.8) is 0 Å². The van der Waals surface area contributed by atoms with Crippen LogP contribution in [0.4, 0.5) is 0 Å². The molecule has 1 aromatic rings. The van der Waals surface area contributed by atoms with E-state index >= 15 is 0 Å². The van der Waals surface area contributed by atoms with E-state index < -0.39 is 0 Å². The first-order valence-corrected chi connectivity index (χ1v) is 8.89. The van der Waals surface area contributed by atoms with Crippen LogP contribution in [0, 0.1) is 11.3 Å². The summed E-state index contributed by atoms with van der Waals surface area (Å²) >= 11 is 1.69. The molecule has 0 aromatic carbocycles. The van der Waals surface area contributed by atoms with E-state index in [1.165, 1.54) is 5.56 Å². The largest absolute Gasteiger partial charge is 0.321 e. The number of nitrogens with one attached hydrogen (secondary N) is 1. The standard InChI is InChI=1S/C17H28N2OS/c1-6-7-14-16(20)19(11-17(4,5)12(2)3)15(18-14)13-8-9-21-10-13/h8-10,12,14-15,18H,6-7,11H2,1-5H3. The number of hydrogen-bond donors (Lipinski definition) is 1. The zero-order chi connectivity index (χ0) is 15.6. The Bertz CT molecular complexity index is 467. The molecule has 2 heterocycles. The van der Waals surface area contributed by atoms with Crippen LogP contribution in [0.5, 0.6) is 0 Å². The van der Waals surface area contributed by atoms with Crippen LogP contribution in [0.15, 0.2) is 16.8 Å². The van der Waals surface area contributed by atoms with E-state index in [-0.39, 0.29) is 23.5 Å². The van der Waals surface area contributed by atoms with Gasteiger partial charge in [0.15, 0.2) is 0 Å². The van der Waals surface area contributed by atoms with Gasteiger partial charge < -0.3 is 4.90 Å². The first-order valence-electron chi connectivity index (χ1n) is 7.95. The molecule has 4 heteroatoms. The molecule has 1 N–H and O–H groups in total.